The fourth-order valence-corrected chi connectivity index (χ4v) is 4.33. The number of ether oxygens (including phenoxy) is 2. The van der Waals surface area contributed by atoms with Gasteiger partial charge in [0.2, 0.25) is 0 Å². The quantitative estimate of drug-likeness (QED) is 0.677. The fraction of sp³-hybridized carbons (Fsp3) is 0.625. The van der Waals surface area contributed by atoms with Crippen LogP contribution in [0.25, 0.3) is 0 Å². The summed E-state index contributed by atoms with van der Waals surface area (Å²) in [5.41, 5.74) is 1.72. The molecule has 1 saturated carbocycles. The molecular weight excluding hydrogens is 424 g/mol. The van der Waals surface area contributed by atoms with Gasteiger partial charge in [-0.1, -0.05) is 0 Å². The summed E-state index contributed by atoms with van der Waals surface area (Å²) in [4.78, 5) is 33.9. The number of carbonyl (C=O) groups is 2. The molecule has 1 fully saturated rings. The molecule has 0 spiro atoms. The largest absolute Gasteiger partial charge is 0.469 e. The van der Waals surface area contributed by atoms with Crippen LogP contribution in [0.1, 0.15) is 81.0 Å². The Kier molecular flexibility index (Phi) is 7.21. The number of hydrogen-bond donors (Lipinski definition) is 1. The molecule has 2 heterocycles. The minimum Gasteiger partial charge on any atom is -0.469 e. The minimum atomic E-state index is -0.817. The molecule has 0 bridgehead atoms. The van der Waals surface area contributed by atoms with E-state index >= 15 is 0 Å². The lowest BCUT2D eigenvalue weighted by Gasteiger charge is -2.36. The molecule has 0 amide bonds. The number of nitrogens with zero attached hydrogens (tertiary/aromatic N) is 4. The number of aryl methyl sites for hydroxylation is 2. The van der Waals surface area contributed by atoms with E-state index in [9.17, 15) is 14.7 Å². The number of hydrogen-bond acceptors (Lipinski definition) is 8. The summed E-state index contributed by atoms with van der Waals surface area (Å²) in [5, 5.41) is 14.2. The predicted octanol–water partition coefficient (Wildman–Crippen LogP) is 3.47. The van der Waals surface area contributed by atoms with Crippen LogP contribution in [0.15, 0.2) is 12.1 Å². The highest BCUT2D eigenvalue weighted by atomic mass is 16.6. The third-order valence-corrected chi connectivity index (χ3v) is 6.05. The van der Waals surface area contributed by atoms with Gasteiger partial charge >= 0.3 is 12.1 Å². The normalized spacial score (nSPS) is 21.0. The van der Waals surface area contributed by atoms with Crippen molar-refractivity contribution in [1.29, 1.82) is 0 Å². The van der Waals surface area contributed by atoms with Gasteiger partial charge < -0.3 is 14.6 Å². The van der Waals surface area contributed by atoms with E-state index in [-0.39, 0.29) is 18.5 Å². The fourth-order valence-electron chi connectivity index (χ4n) is 4.33. The Morgan fingerprint density at radius 1 is 1.18 bits per heavy atom. The van der Waals surface area contributed by atoms with Crippen molar-refractivity contribution in [3.8, 4) is 0 Å². The molecule has 0 atom stereocenters. The zero-order valence-corrected chi connectivity index (χ0v) is 20.3. The molecule has 0 aromatic carbocycles. The molecule has 2 aromatic heterocycles. The van der Waals surface area contributed by atoms with Crippen LogP contribution in [-0.4, -0.2) is 56.2 Å². The Labute approximate surface area is 194 Å². The number of esters is 1. The second-order valence-corrected chi connectivity index (χ2v) is 9.90. The summed E-state index contributed by atoms with van der Waals surface area (Å²) in [6.07, 6.45) is 2.45. The molecule has 9 nitrogen and oxygen atoms in total. The first-order valence-corrected chi connectivity index (χ1v) is 11.3. The second kappa shape index (κ2) is 9.59. The molecular formula is C24H34N4O5. The van der Waals surface area contributed by atoms with Gasteiger partial charge in [-0.05, 0) is 72.4 Å². The molecule has 3 rings (SSSR count). The Bertz CT molecular complexity index is 1020. The van der Waals surface area contributed by atoms with E-state index in [2.05, 4.69) is 10.1 Å². The van der Waals surface area contributed by atoms with E-state index < -0.39 is 17.1 Å². The Morgan fingerprint density at radius 3 is 2.42 bits per heavy atom. The monoisotopic (exact) mass is 458 g/mol. The Morgan fingerprint density at radius 2 is 1.85 bits per heavy atom. The molecule has 0 saturated heterocycles. The number of aliphatic hydroxyl groups is 1. The maximum atomic E-state index is 12.4. The van der Waals surface area contributed by atoms with Gasteiger partial charge in [0.25, 0.3) is 0 Å². The standard InChI is InChI=1S/C24H34N4O5/c1-15-11-19(17-7-9-24(14-29,10-8-17)21(30)32-6)26-20(25-15)13-18-12-16(2)28(27-18)22(31)33-23(3,4)5/h11-12,17,29H,7-10,13-14H2,1-6H3. The van der Waals surface area contributed by atoms with Crippen molar-refractivity contribution in [2.45, 2.75) is 78.2 Å². The van der Waals surface area contributed by atoms with Crippen molar-refractivity contribution in [3.63, 3.8) is 0 Å². The van der Waals surface area contributed by atoms with E-state index in [1.54, 1.807) is 6.92 Å². The molecule has 2 aromatic rings. The van der Waals surface area contributed by atoms with E-state index in [0.717, 1.165) is 24.2 Å². The van der Waals surface area contributed by atoms with E-state index in [1.165, 1.54) is 11.8 Å². The van der Waals surface area contributed by atoms with Crippen molar-refractivity contribution in [3.05, 3.63) is 40.7 Å². The second-order valence-electron chi connectivity index (χ2n) is 9.90. The highest BCUT2D eigenvalue weighted by molar-refractivity contribution is 5.77. The molecule has 180 valence electrons. The van der Waals surface area contributed by atoms with Gasteiger partial charge in [-0.25, -0.2) is 14.8 Å². The average Bonchev–Trinajstić information content (AvgIpc) is 3.11. The molecule has 1 N–H and O–H groups in total. The third kappa shape index (κ3) is 5.76. The summed E-state index contributed by atoms with van der Waals surface area (Å²) < 4.78 is 11.6. The van der Waals surface area contributed by atoms with Crippen molar-refractivity contribution < 1.29 is 24.2 Å². The minimum absolute atomic E-state index is 0.177. The summed E-state index contributed by atoms with van der Waals surface area (Å²) in [6.45, 7) is 8.96. The van der Waals surface area contributed by atoms with Crippen molar-refractivity contribution >= 4 is 12.1 Å². The van der Waals surface area contributed by atoms with E-state index in [4.69, 9.17) is 14.5 Å². The summed E-state index contributed by atoms with van der Waals surface area (Å²) >= 11 is 0. The van der Waals surface area contributed by atoms with Crippen molar-refractivity contribution in [2.24, 2.45) is 5.41 Å². The number of carbonyl (C=O) groups excluding carboxylic acids is 2. The van der Waals surface area contributed by atoms with Gasteiger partial charge in [0.1, 0.15) is 11.4 Å². The lowest BCUT2D eigenvalue weighted by Crippen LogP contribution is -2.39. The maximum Gasteiger partial charge on any atom is 0.435 e. The van der Waals surface area contributed by atoms with E-state index in [1.807, 2.05) is 39.8 Å². The van der Waals surface area contributed by atoms with Crippen LogP contribution in [0.3, 0.4) is 0 Å². The first-order chi connectivity index (χ1) is 15.5. The molecule has 9 heteroatoms. The number of aliphatic hydroxyl groups excluding tert-OH is 1. The van der Waals surface area contributed by atoms with Crippen LogP contribution in [0.5, 0.6) is 0 Å². The zero-order chi connectivity index (χ0) is 24.4. The lowest BCUT2D eigenvalue weighted by atomic mass is 9.70. The van der Waals surface area contributed by atoms with Crippen LogP contribution >= 0.6 is 0 Å². The molecule has 0 unspecified atom stereocenters. The Hall–Kier alpha value is -2.81. The predicted molar refractivity (Wildman–Crippen MR) is 121 cm³/mol. The molecule has 33 heavy (non-hydrogen) atoms. The topological polar surface area (TPSA) is 116 Å². The molecule has 0 radical (unpaired) electrons. The number of aromatic nitrogens is 4. The summed E-state index contributed by atoms with van der Waals surface area (Å²) in [6, 6.07) is 3.81. The van der Waals surface area contributed by atoms with Crippen LogP contribution in [-0.2, 0) is 20.7 Å². The third-order valence-electron chi connectivity index (χ3n) is 6.05. The van der Waals surface area contributed by atoms with E-state index in [0.29, 0.717) is 36.5 Å². The van der Waals surface area contributed by atoms with Gasteiger partial charge in [0, 0.05) is 23.0 Å². The smallest absolute Gasteiger partial charge is 0.435 e. The van der Waals surface area contributed by atoms with Crippen molar-refractivity contribution in [2.75, 3.05) is 13.7 Å². The summed E-state index contributed by atoms with van der Waals surface area (Å²) in [7, 11) is 1.36. The molecule has 0 aliphatic heterocycles. The van der Waals surface area contributed by atoms with Crippen LogP contribution < -0.4 is 0 Å². The lowest BCUT2D eigenvalue weighted by molar-refractivity contribution is -0.158. The van der Waals surface area contributed by atoms with Gasteiger partial charge in [-0.3, -0.25) is 4.79 Å². The molecule has 1 aliphatic carbocycles. The zero-order valence-electron chi connectivity index (χ0n) is 20.3. The van der Waals surface area contributed by atoms with Crippen LogP contribution in [0.4, 0.5) is 4.79 Å². The van der Waals surface area contributed by atoms with Crippen LogP contribution in [0, 0.1) is 19.3 Å². The first kappa shape index (κ1) is 24.8. The molecule has 1 aliphatic rings. The SMILES string of the molecule is COC(=O)C1(CO)CCC(c2cc(C)nc(Cc3cc(C)n(C(=O)OC(C)(C)C)n3)n2)CC1. The number of rotatable bonds is 5. The Balaban J connectivity index is 1.75. The van der Waals surface area contributed by atoms with Crippen LogP contribution in [0.2, 0.25) is 0 Å². The maximum absolute atomic E-state index is 12.4. The van der Waals surface area contributed by atoms with Crippen molar-refractivity contribution in [1.82, 2.24) is 19.7 Å². The van der Waals surface area contributed by atoms with Gasteiger partial charge in [-0.2, -0.15) is 9.78 Å². The van der Waals surface area contributed by atoms with Gasteiger partial charge in [0.15, 0.2) is 0 Å². The average molecular weight is 459 g/mol. The number of methoxy groups -OCH3 is 1. The first-order valence-electron chi connectivity index (χ1n) is 11.3. The van der Waals surface area contributed by atoms with Gasteiger partial charge in [0.05, 0.1) is 31.2 Å². The summed E-state index contributed by atoms with van der Waals surface area (Å²) in [5.74, 6) is 0.459. The van der Waals surface area contributed by atoms with Gasteiger partial charge in [-0.15, -0.1) is 0 Å². The highest BCUT2D eigenvalue weighted by Crippen LogP contribution is 2.43. The highest BCUT2D eigenvalue weighted by Gasteiger charge is 2.43.